The van der Waals surface area contributed by atoms with E-state index in [2.05, 4.69) is 15.4 Å². The van der Waals surface area contributed by atoms with Crippen LogP contribution in [0, 0.1) is 13.8 Å². The highest BCUT2D eigenvalue weighted by Gasteiger charge is 2.13. The monoisotopic (exact) mass is 275 g/mol. The smallest absolute Gasteiger partial charge is 0.269 e. The first-order chi connectivity index (χ1) is 9.50. The number of amides is 1. The van der Waals surface area contributed by atoms with E-state index in [0.29, 0.717) is 18.8 Å². The lowest BCUT2D eigenvalue weighted by Crippen LogP contribution is -2.29. The number of rotatable bonds is 5. The van der Waals surface area contributed by atoms with Crippen LogP contribution in [0.5, 0.6) is 0 Å². The third kappa shape index (κ3) is 2.89. The van der Waals surface area contributed by atoms with E-state index < -0.39 is 0 Å². The Morgan fingerprint density at radius 3 is 2.75 bits per heavy atom. The van der Waals surface area contributed by atoms with Gasteiger partial charge in [0.2, 0.25) is 0 Å². The van der Waals surface area contributed by atoms with Crippen LogP contribution in [0.3, 0.4) is 0 Å². The zero-order valence-corrected chi connectivity index (χ0v) is 12.4. The Morgan fingerprint density at radius 1 is 1.40 bits per heavy atom. The Balaban J connectivity index is 1.92. The standard InChI is InChI=1S/C14H21N5O/c1-10(2)19-13(5-6-17-19)14(20)15-7-8-18-9-16-11(3)12(18)4/h5-6,9-10H,7-8H2,1-4H3,(H,15,20). The molecule has 0 atom stereocenters. The fourth-order valence-corrected chi connectivity index (χ4v) is 2.06. The van der Waals surface area contributed by atoms with Crippen molar-refractivity contribution in [2.75, 3.05) is 6.54 Å². The van der Waals surface area contributed by atoms with Crippen molar-refractivity contribution in [1.29, 1.82) is 0 Å². The molecule has 0 radical (unpaired) electrons. The molecule has 0 unspecified atom stereocenters. The molecular weight excluding hydrogens is 254 g/mol. The van der Waals surface area contributed by atoms with Gasteiger partial charge in [-0.05, 0) is 33.8 Å². The summed E-state index contributed by atoms with van der Waals surface area (Å²) in [5.74, 6) is -0.0920. The molecule has 0 aromatic carbocycles. The molecule has 6 nitrogen and oxygen atoms in total. The van der Waals surface area contributed by atoms with Crippen LogP contribution in [0.25, 0.3) is 0 Å². The van der Waals surface area contributed by atoms with Crippen molar-refractivity contribution in [3.05, 3.63) is 35.7 Å². The molecule has 0 aliphatic carbocycles. The number of aryl methyl sites for hydroxylation is 1. The summed E-state index contributed by atoms with van der Waals surface area (Å²) < 4.78 is 3.76. The Bertz CT molecular complexity index is 596. The van der Waals surface area contributed by atoms with Crippen molar-refractivity contribution in [3.63, 3.8) is 0 Å². The second-order valence-corrected chi connectivity index (χ2v) is 5.12. The van der Waals surface area contributed by atoms with E-state index in [1.165, 1.54) is 0 Å². The lowest BCUT2D eigenvalue weighted by atomic mass is 10.3. The van der Waals surface area contributed by atoms with Gasteiger partial charge in [0.15, 0.2) is 0 Å². The first kappa shape index (κ1) is 14.3. The molecule has 0 saturated carbocycles. The molecule has 2 heterocycles. The van der Waals surface area contributed by atoms with Crippen LogP contribution in [0.1, 0.15) is 41.8 Å². The predicted molar refractivity (Wildman–Crippen MR) is 76.6 cm³/mol. The van der Waals surface area contributed by atoms with Crippen LogP contribution < -0.4 is 5.32 Å². The Kier molecular flexibility index (Phi) is 4.22. The van der Waals surface area contributed by atoms with Gasteiger partial charge in [-0.3, -0.25) is 9.48 Å². The minimum Gasteiger partial charge on any atom is -0.349 e. The lowest BCUT2D eigenvalue weighted by Gasteiger charge is -2.11. The van der Waals surface area contributed by atoms with Gasteiger partial charge in [0.1, 0.15) is 5.69 Å². The van der Waals surface area contributed by atoms with E-state index in [1.807, 2.05) is 32.3 Å². The summed E-state index contributed by atoms with van der Waals surface area (Å²) in [6, 6.07) is 1.91. The molecule has 20 heavy (non-hydrogen) atoms. The molecule has 0 saturated heterocycles. The molecule has 0 aliphatic heterocycles. The number of aromatic nitrogens is 4. The van der Waals surface area contributed by atoms with Gasteiger partial charge in [-0.25, -0.2) is 4.98 Å². The van der Waals surface area contributed by atoms with Gasteiger partial charge in [-0.2, -0.15) is 5.10 Å². The van der Waals surface area contributed by atoms with Gasteiger partial charge in [-0.1, -0.05) is 0 Å². The number of carbonyl (C=O) groups excluding carboxylic acids is 1. The van der Waals surface area contributed by atoms with Crippen LogP contribution in [0.4, 0.5) is 0 Å². The van der Waals surface area contributed by atoms with Crippen molar-refractivity contribution in [3.8, 4) is 0 Å². The molecule has 0 spiro atoms. The Morgan fingerprint density at radius 2 is 2.15 bits per heavy atom. The number of nitrogens with zero attached hydrogens (tertiary/aromatic N) is 4. The average molecular weight is 275 g/mol. The van der Waals surface area contributed by atoms with E-state index in [9.17, 15) is 4.79 Å². The van der Waals surface area contributed by atoms with Crippen LogP contribution in [-0.4, -0.2) is 31.8 Å². The SMILES string of the molecule is Cc1ncn(CCNC(=O)c2ccnn2C(C)C)c1C. The van der Waals surface area contributed by atoms with Crippen molar-refractivity contribution >= 4 is 5.91 Å². The topological polar surface area (TPSA) is 64.7 Å². The fourth-order valence-electron chi connectivity index (χ4n) is 2.06. The van der Waals surface area contributed by atoms with Crippen LogP contribution in [-0.2, 0) is 6.54 Å². The molecule has 0 fully saturated rings. The summed E-state index contributed by atoms with van der Waals surface area (Å²) in [5, 5.41) is 7.08. The molecule has 1 amide bonds. The number of hydrogen-bond acceptors (Lipinski definition) is 3. The third-order valence-electron chi connectivity index (χ3n) is 3.38. The highest BCUT2D eigenvalue weighted by atomic mass is 16.2. The van der Waals surface area contributed by atoms with Gasteiger partial charge in [0, 0.05) is 31.0 Å². The molecule has 108 valence electrons. The van der Waals surface area contributed by atoms with Gasteiger partial charge < -0.3 is 9.88 Å². The van der Waals surface area contributed by atoms with E-state index in [0.717, 1.165) is 11.4 Å². The Hall–Kier alpha value is -2.11. The molecule has 0 bridgehead atoms. The zero-order valence-electron chi connectivity index (χ0n) is 12.4. The van der Waals surface area contributed by atoms with Gasteiger partial charge in [0.05, 0.1) is 12.0 Å². The minimum atomic E-state index is -0.0920. The highest BCUT2D eigenvalue weighted by Crippen LogP contribution is 2.07. The predicted octanol–water partition coefficient (Wildman–Crippen LogP) is 1.71. The quantitative estimate of drug-likeness (QED) is 0.903. The number of imidazole rings is 1. The first-order valence-electron chi connectivity index (χ1n) is 6.80. The third-order valence-corrected chi connectivity index (χ3v) is 3.38. The summed E-state index contributed by atoms with van der Waals surface area (Å²) in [5.41, 5.74) is 2.75. The van der Waals surface area contributed by atoms with Crippen LogP contribution >= 0.6 is 0 Å². The second kappa shape index (κ2) is 5.90. The number of nitrogens with one attached hydrogen (secondary N) is 1. The van der Waals surface area contributed by atoms with E-state index in [-0.39, 0.29) is 11.9 Å². The second-order valence-electron chi connectivity index (χ2n) is 5.12. The van der Waals surface area contributed by atoms with Gasteiger partial charge in [0.25, 0.3) is 5.91 Å². The summed E-state index contributed by atoms with van der Waals surface area (Å²) in [6.07, 6.45) is 3.45. The van der Waals surface area contributed by atoms with Gasteiger partial charge in [-0.15, -0.1) is 0 Å². The normalized spacial score (nSPS) is 11.1. The van der Waals surface area contributed by atoms with Crippen LogP contribution in [0.2, 0.25) is 0 Å². The largest absolute Gasteiger partial charge is 0.349 e. The molecular formula is C14H21N5O. The maximum atomic E-state index is 12.1. The highest BCUT2D eigenvalue weighted by molar-refractivity contribution is 5.92. The minimum absolute atomic E-state index is 0.0920. The maximum Gasteiger partial charge on any atom is 0.269 e. The molecule has 6 heteroatoms. The molecule has 2 aromatic rings. The maximum absolute atomic E-state index is 12.1. The summed E-state index contributed by atoms with van der Waals surface area (Å²) in [4.78, 5) is 16.4. The number of hydrogen-bond donors (Lipinski definition) is 1. The fraction of sp³-hybridized carbons (Fsp3) is 0.500. The van der Waals surface area contributed by atoms with Crippen molar-refractivity contribution < 1.29 is 4.79 Å². The van der Waals surface area contributed by atoms with E-state index >= 15 is 0 Å². The van der Waals surface area contributed by atoms with Gasteiger partial charge >= 0.3 is 0 Å². The van der Waals surface area contributed by atoms with Crippen LogP contribution in [0.15, 0.2) is 18.6 Å². The molecule has 0 aliphatic rings. The average Bonchev–Trinajstić information content (AvgIpc) is 3.00. The summed E-state index contributed by atoms with van der Waals surface area (Å²) in [7, 11) is 0. The van der Waals surface area contributed by atoms with Crippen molar-refractivity contribution in [2.24, 2.45) is 0 Å². The van der Waals surface area contributed by atoms with Crippen molar-refractivity contribution in [1.82, 2.24) is 24.6 Å². The molecule has 1 N–H and O–H groups in total. The van der Waals surface area contributed by atoms with E-state index in [1.54, 1.807) is 23.3 Å². The summed E-state index contributed by atoms with van der Waals surface area (Å²) >= 11 is 0. The summed E-state index contributed by atoms with van der Waals surface area (Å²) in [6.45, 7) is 9.29. The Labute approximate surface area is 118 Å². The molecule has 2 rings (SSSR count). The zero-order chi connectivity index (χ0) is 14.7. The number of carbonyl (C=O) groups is 1. The van der Waals surface area contributed by atoms with E-state index in [4.69, 9.17) is 0 Å². The lowest BCUT2D eigenvalue weighted by molar-refractivity contribution is 0.0939. The molecule has 2 aromatic heterocycles. The van der Waals surface area contributed by atoms with Crippen molar-refractivity contribution in [2.45, 2.75) is 40.3 Å². The first-order valence-corrected chi connectivity index (χ1v) is 6.80.